The fraction of sp³-hybridized carbons (Fsp3) is 0.625. The lowest BCUT2D eigenvalue weighted by Crippen LogP contribution is -2.64. The molecule has 0 heterocycles. The highest BCUT2D eigenvalue weighted by Gasteiger charge is 2.51. The summed E-state index contributed by atoms with van der Waals surface area (Å²) in [7, 11) is -5.14. The van der Waals surface area contributed by atoms with Gasteiger partial charge in [-0.3, -0.25) is 18.6 Å². The van der Waals surface area contributed by atoms with Crippen LogP contribution in [0.2, 0.25) is 0 Å². The number of aliphatic hydroxyl groups is 5. The second-order valence-electron chi connectivity index (χ2n) is 15.2. The van der Waals surface area contributed by atoms with Crippen LogP contribution in [-0.4, -0.2) is 98.3 Å². The molecule has 1 fully saturated rings. The Labute approximate surface area is 370 Å². The zero-order valence-corrected chi connectivity index (χ0v) is 38.0. The van der Waals surface area contributed by atoms with Crippen LogP contribution in [-0.2, 0) is 32.7 Å². The van der Waals surface area contributed by atoms with E-state index in [1.807, 2.05) is 18.2 Å². The van der Waals surface area contributed by atoms with Crippen molar-refractivity contribution in [3.8, 4) is 0 Å². The number of aliphatic hydroxyl groups excluding tert-OH is 5. The minimum atomic E-state index is -5.14. The molecule has 1 aliphatic rings. The molecule has 62 heavy (non-hydrogen) atoms. The van der Waals surface area contributed by atoms with Crippen LogP contribution in [0.4, 0.5) is 0 Å². The summed E-state index contributed by atoms with van der Waals surface area (Å²) in [5.41, 5.74) is 0. The van der Waals surface area contributed by atoms with E-state index in [-0.39, 0.29) is 12.8 Å². The van der Waals surface area contributed by atoms with Gasteiger partial charge in [0.25, 0.3) is 0 Å². The van der Waals surface area contributed by atoms with Crippen molar-refractivity contribution in [3.63, 3.8) is 0 Å². The van der Waals surface area contributed by atoms with Crippen LogP contribution < -0.4 is 0 Å². The number of unbranched alkanes of at least 4 members (excludes halogenated alkanes) is 7. The van der Waals surface area contributed by atoms with Gasteiger partial charge in [-0.05, 0) is 77.0 Å². The summed E-state index contributed by atoms with van der Waals surface area (Å²) in [6.45, 7) is 3.04. The van der Waals surface area contributed by atoms with Gasteiger partial charge in [0.05, 0.1) is 6.61 Å². The van der Waals surface area contributed by atoms with Crippen molar-refractivity contribution in [1.29, 1.82) is 0 Å². The molecule has 14 heteroatoms. The van der Waals surface area contributed by atoms with Gasteiger partial charge in [0.1, 0.15) is 43.2 Å². The maximum Gasteiger partial charge on any atom is 0.472 e. The first-order valence-electron chi connectivity index (χ1n) is 22.5. The Hall–Kier alpha value is -3.23. The first-order valence-corrected chi connectivity index (χ1v) is 24.0. The van der Waals surface area contributed by atoms with Gasteiger partial charge < -0.3 is 39.9 Å². The third kappa shape index (κ3) is 29.2. The molecule has 1 aliphatic carbocycles. The van der Waals surface area contributed by atoms with Crippen molar-refractivity contribution in [2.45, 2.75) is 179 Å². The molecule has 0 aromatic heterocycles. The second-order valence-corrected chi connectivity index (χ2v) is 16.6. The summed E-state index contributed by atoms with van der Waals surface area (Å²) in [5.74, 6) is -1.23. The summed E-state index contributed by atoms with van der Waals surface area (Å²) in [4.78, 5) is 35.6. The van der Waals surface area contributed by atoms with Crippen LogP contribution in [0.5, 0.6) is 0 Å². The van der Waals surface area contributed by atoms with Crippen LogP contribution in [0.15, 0.2) is 97.2 Å². The van der Waals surface area contributed by atoms with Gasteiger partial charge >= 0.3 is 19.8 Å². The SMILES string of the molecule is CC/C=C/C/C=C/C/C=C/C/C=C/C/C=C/C/C=C/CCC(=O)OC[C@@H](COP(=O)(O)OC1C(O)C(O)C(O)[C@H](O)C1O)OC(=O)CCCCCCC/C=C/C/C=C/CCCC. The predicted molar refractivity (Wildman–Crippen MR) is 244 cm³/mol. The van der Waals surface area contributed by atoms with Crippen molar-refractivity contribution in [2.24, 2.45) is 0 Å². The molecular formula is C48H77O13P. The lowest BCUT2D eigenvalue weighted by Gasteiger charge is -2.41. The van der Waals surface area contributed by atoms with Crippen LogP contribution in [0.1, 0.15) is 136 Å². The number of esters is 2. The van der Waals surface area contributed by atoms with E-state index in [0.717, 1.165) is 77.0 Å². The number of carbonyl (C=O) groups is 2. The van der Waals surface area contributed by atoms with Crippen molar-refractivity contribution < 1.29 is 63.1 Å². The largest absolute Gasteiger partial charge is 0.472 e. The van der Waals surface area contributed by atoms with Crippen LogP contribution in [0.3, 0.4) is 0 Å². The molecule has 6 N–H and O–H groups in total. The lowest BCUT2D eigenvalue weighted by atomic mass is 9.85. The summed E-state index contributed by atoms with van der Waals surface area (Å²) >= 11 is 0. The van der Waals surface area contributed by atoms with Crippen LogP contribution in [0.25, 0.3) is 0 Å². The van der Waals surface area contributed by atoms with E-state index >= 15 is 0 Å². The average molecular weight is 893 g/mol. The van der Waals surface area contributed by atoms with Crippen molar-refractivity contribution in [1.82, 2.24) is 0 Å². The maximum absolute atomic E-state index is 12.8. The van der Waals surface area contributed by atoms with Crippen LogP contribution in [0, 0.1) is 0 Å². The van der Waals surface area contributed by atoms with E-state index in [1.54, 1.807) is 0 Å². The van der Waals surface area contributed by atoms with Gasteiger partial charge in [0.2, 0.25) is 0 Å². The van der Waals surface area contributed by atoms with E-state index in [2.05, 4.69) is 92.8 Å². The number of phosphoric acid groups is 1. The van der Waals surface area contributed by atoms with Crippen molar-refractivity contribution in [3.05, 3.63) is 97.2 Å². The number of hydrogen-bond acceptors (Lipinski definition) is 12. The standard InChI is InChI=1S/C48H77O13P/c1-3-5-7-9-11-13-15-17-19-20-21-22-23-25-26-28-30-32-34-36-41(49)58-38-40(39-59-62(56,57)61-48-46(54)44(52)43(51)45(53)47(48)55)60-42(50)37-35-33-31-29-27-24-18-16-14-12-10-8-6-4-2/h5,7,10-13,16-19,21-22,25-26,30,32,40,43-48,51-55H,3-4,6,8-9,14-15,20,23-24,27-29,31,33-39H2,1-2H3,(H,56,57)/b7-5+,12-10+,13-11+,18-16+,19-17+,22-21+,26-25+,32-30+/t40-,43?,44-,45?,46?,47?,48?/m0/s1. The molecule has 0 aliphatic heterocycles. The van der Waals surface area contributed by atoms with Gasteiger partial charge in [-0.2, -0.15) is 0 Å². The predicted octanol–water partition coefficient (Wildman–Crippen LogP) is 8.66. The van der Waals surface area contributed by atoms with Crippen LogP contribution >= 0.6 is 7.82 Å². The van der Waals surface area contributed by atoms with Gasteiger partial charge in [-0.25, -0.2) is 4.57 Å². The Morgan fingerprint density at radius 2 is 0.952 bits per heavy atom. The molecule has 0 radical (unpaired) electrons. The van der Waals surface area contributed by atoms with Crippen molar-refractivity contribution in [2.75, 3.05) is 13.2 Å². The number of hydrogen-bond donors (Lipinski definition) is 6. The Morgan fingerprint density at radius 3 is 1.47 bits per heavy atom. The molecule has 352 valence electrons. The molecule has 0 spiro atoms. The Kier molecular flexibility index (Phi) is 34.0. The number of ether oxygens (including phenoxy) is 2. The fourth-order valence-corrected chi connectivity index (χ4v) is 7.01. The highest BCUT2D eigenvalue weighted by molar-refractivity contribution is 7.47. The lowest BCUT2D eigenvalue weighted by molar-refractivity contribution is -0.220. The fourth-order valence-electron chi connectivity index (χ4n) is 6.03. The molecule has 8 atom stereocenters. The third-order valence-electron chi connectivity index (χ3n) is 9.67. The molecule has 0 saturated heterocycles. The molecule has 1 rings (SSSR count). The third-order valence-corrected chi connectivity index (χ3v) is 10.7. The minimum Gasteiger partial charge on any atom is -0.462 e. The van der Waals surface area contributed by atoms with E-state index in [1.165, 1.54) is 12.8 Å². The van der Waals surface area contributed by atoms with E-state index < -0.39 is 75.7 Å². The smallest absolute Gasteiger partial charge is 0.462 e. The van der Waals surface area contributed by atoms with Gasteiger partial charge in [-0.1, -0.05) is 143 Å². The van der Waals surface area contributed by atoms with Gasteiger partial charge in [-0.15, -0.1) is 0 Å². The number of rotatable bonds is 35. The average Bonchev–Trinajstić information content (AvgIpc) is 3.25. The van der Waals surface area contributed by atoms with E-state index in [0.29, 0.717) is 19.3 Å². The number of carbonyl (C=O) groups excluding carboxylic acids is 2. The molecular weight excluding hydrogens is 815 g/mol. The van der Waals surface area contributed by atoms with E-state index in [9.17, 15) is 44.6 Å². The molecule has 0 aromatic rings. The summed E-state index contributed by atoms with van der Waals surface area (Å²) in [6.07, 6.45) is 36.2. The molecule has 6 unspecified atom stereocenters. The Bertz CT molecular complexity index is 1450. The summed E-state index contributed by atoms with van der Waals surface area (Å²) in [6, 6.07) is 0. The topological polar surface area (TPSA) is 210 Å². The molecule has 1 saturated carbocycles. The first-order chi connectivity index (χ1) is 29.9. The quantitative estimate of drug-likeness (QED) is 0.0153. The maximum atomic E-state index is 12.8. The summed E-state index contributed by atoms with van der Waals surface area (Å²) < 4.78 is 33.4. The first kappa shape index (κ1) is 56.8. The monoisotopic (exact) mass is 893 g/mol. The molecule has 13 nitrogen and oxygen atoms in total. The minimum absolute atomic E-state index is 0.0329. The number of phosphoric ester groups is 1. The zero-order valence-electron chi connectivity index (χ0n) is 37.1. The normalized spacial score (nSPS) is 22.8. The molecule has 0 bridgehead atoms. The molecule has 0 aromatic carbocycles. The Balaban J connectivity index is 2.54. The highest BCUT2D eigenvalue weighted by atomic mass is 31.2. The summed E-state index contributed by atoms with van der Waals surface area (Å²) in [5, 5.41) is 50.1. The molecule has 0 amide bonds. The Morgan fingerprint density at radius 1 is 0.516 bits per heavy atom. The van der Waals surface area contributed by atoms with E-state index in [4.69, 9.17) is 18.5 Å². The number of allylic oxidation sites excluding steroid dienone is 16. The second kappa shape index (κ2) is 37.2. The van der Waals surface area contributed by atoms with Crippen molar-refractivity contribution >= 4 is 19.8 Å². The van der Waals surface area contributed by atoms with Gasteiger partial charge in [0, 0.05) is 12.8 Å². The zero-order chi connectivity index (χ0) is 45.7. The van der Waals surface area contributed by atoms with Gasteiger partial charge in [0.15, 0.2) is 6.10 Å². The highest BCUT2D eigenvalue weighted by Crippen LogP contribution is 2.47.